The van der Waals surface area contributed by atoms with E-state index in [9.17, 15) is 0 Å². The Bertz CT molecular complexity index is 158. The van der Waals surface area contributed by atoms with Crippen molar-refractivity contribution >= 4 is 0 Å². The van der Waals surface area contributed by atoms with Gasteiger partial charge in [0.2, 0.25) is 0 Å². The van der Waals surface area contributed by atoms with Crippen LogP contribution in [0.2, 0.25) is 0 Å². The third-order valence-corrected chi connectivity index (χ3v) is 3.33. The third-order valence-electron chi connectivity index (χ3n) is 3.33. The first kappa shape index (κ1) is 13.9. The average Bonchev–Trinajstić information content (AvgIpc) is 2.80. The van der Waals surface area contributed by atoms with Crippen LogP contribution in [0.5, 0.6) is 0 Å². The van der Waals surface area contributed by atoms with E-state index in [0.717, 1.165) is 26.2 Å². The Balaban J connectivity index is 1.99. The molecule has 1 fully saturated rings. The van der Waals surface area contributed by atoms with E-state index in [1.807, 2.05) is 14.0 Å². The zero-order chi connectivity index (χ0) is 11.6. The third kappa shape index (κ3) is 5.83. The molecular formula is C13H27NO2. The van der Waals surface area contributed by atoms with Crippen molar-refractivity contribution in [1.29, 1.82) is 0 Å². The van der Waals surface area contributed by atoms with E-state index >= 15 is 0 Å². The standard InChI is InChI=1S/C13H27NO2/c1-3-15-11-9-12(14-2)6-4-7-13-8-5-10-16-13/h12-14H,3-11H2,1-2H3. The summed E-state index contributed by atoms with van der Waals surface area (Å²) >= 11 is 0. The summed E-state index contributed by atoms with van der Waals surface area (Å²) in [6, 6.07) is 0.605. The van der Waals surface area contributed by atoms with Crippen molar-refractivity contribution in [2.75, 3.05) is 26.9 Å². The predicted molar refractivity (Wildman–Crippen MR) is 66.8 cm³/mol. The van der Waals surface area contributed by atoms with Gasteiger partial charge in [0.1, 0.15) is 0 Å². The fraction of sp³-hybridized carbons (Fsp3) is 1.00. The molecule has 0 amide bonds. The molecule has 0 aromatic rings. The molecular weight excluding hydrogens is 202 g/mol. The highest BCUT2D eigenvalue weighted by Gasteiger charge is 2.15. The van der Waals surface area contributed by atoms with E-state index in [2.05, 4.69) is 5.32 Å². The van der Waals surface area contributed by atoms with Gasteiger partial charge in [-0.25, -0.2) is 0 Å². The molecule has 0 spiro atoms. The Morgan fingerprint density at radius 3 is 2.94 bits per heavy atom. The molecule has 16 heavy (non-hydrogen) atoms. The van der Waals surface area contributed by atoms with E-state index in [1.165, 1.54) is 32.1 Å². The highest BCUT2D eigenvalue weighted by molar-refractivity contribution is 4.69. The summed E-state index contributed by atoms with van der Waals surface area (Å²) in [5.74, 6) is 0. The minimum atomic E-state index is 0.546. The molecule has 2 atom stereocenters. The van der Waals surface area contributed by atoms with Gasteiger partial charge < -0.3 is 14.8 Å². The second-order valence-corrected chi connectivity index (χ2v) is 4.54. The summed E-state index contributed by atoms with van der Waals surface area (Å²) in [4.78, 5) is 0. The number of hydrogen-bond acceptors (Lipinski definition) is 3. The largest absolute Gasteiger partial charge is 0.382 e. The van der Waals surface area contributed by atoms with Crippen molar-refractivity contribution in [2.24, 2.45) is 0 Å². The van der Waals surface area contributed by atoms with E-state index < -0.39 is 0 Å². The van der Waals surface area contributed by atoms with Crippen LogP contribution in [0.4, 0.5) is 0 Å². The molecule has 1 aliphatic heterocycles. The lowest BCUT2D eigenvalue weighted by molar-refractivity contribution is 0.0999. The van der Waals surface area contributed by atoms with Crippen molar-refractivity contribution in [1.82, 2.24) is 5.32 Å². The summed E-state index contributed by atoms with van der Waals surface area (Å²) in [7, 11) is 2.04. The van der Waals surface area contributed by atoms with Crippen LogP contribution in [-0.2, 0) is 9.47 Å². The number of ether oxygens (including phenoxy) is 2. The van der Waals surface area contributed by atoms with Crippen LogP contribution in [0.3, 0.4) is 0 Å². The van der Waals surface area contributed by atoms with Gasteiger partial charge in [-0.3, -0.25) is 0 Å². The van der Waals surface area contributed by atoms with Gasteiger partial charge in [0, 0.05) is 25.9 Å². The van der Waals surface area contributed by atoms with Crippen molar-refractivity contribution in [3.05, 3.63) is 0 Å². The first-order valence-corrected chi connectivity index (χ1v) is 6.73. The first-order chi connectivity index (χ1) is 7.86. The van der Waals surface area contributed by atoms with Gasteiger partial charge in [-0.05, 0) is 52.5 Å². The zero-order valence-electron chi connectivity index (χ0n) is 10.8. The molecule has 0 radical (unpaired) electrons. The van der Waals surface area contributed by atoms with E-state index in [0.29, 0.717) is 12.1 Å². The van der Waals surface area contributed by atoms with Crippen LogP contribution in [0.15, 0.2) is 0 Å². The summed E-state index contributed by atoms with van der Waals surface area (Å²) in [5.41, 5.74) is 0. The van der Waals surface area contributed by atoms with Gasteiger partial charge in [-0.2, -0.15) is 0 Å². The molecule has 1 heterocycles. The molecule has 1 rings (SSSR count). The van der Waals surface area contributed by atoms with Crippen LogP contribution in [-0.4, -0.2) is 39.0 Å². The second kappa shape index (κ2) is 8.97. The van der Waals surface area contributed by atoms with E-state index in [1.54, 1.807) is 0 Å². The van der Waals surface area contributed by atoms with Crippen LogP contribution >= 0.6 is 0 Å². The highest BCUT2D eigenvalue weighted by atomic mass is 16.5. The van der Waals surface area contributed by atoms with Gasteiger partial charge in [-0.15, -0.1) is 0 Å². The van der Waals surface area contributed by atoms with Crippen molar-refractivity contribution < 1.29 is 9.47 Å². The maximum atomic E-state index is 5.62. The Hall–Kier alpha value is -0.120. The van der Waals surface area contributed by atoms with Crippen LogP contribution in [0, 0.1) is 0 Å². The normalized spacial score (nSPS) is 22.5. The number of nitrogens with one attached hydrogen (secondary N) is 1. The summed E-state index contributed by atoms with van der Waals surface area (Å²) in [6.45, 7) is 4.73. The fourth-order valence-electron chi connectivity index (χ4n) is 2.27. The average molecular weight is 229 g/mol. The molecule has 0 saturated carbocycles. The topological polar surface area (TPSA) is 30.5 Å². The predicted octanol–water partition coefficient (Wildman–Crippen LogP) is 2.35. The molecule has 0 aliphatic carbocycles. The maximum Gasteiger partial charge on any atom is 0.0576 e. The monoisotopic (exact) mass is 229 g/mol. The van der Waals surface area contributed by atoms with Crippen molar-refractivity contribution in [3.8, 4) is 0 Å². The smallest absolute Gasteiger partial charge is 0.0576 e. The Morgan fingerprint density at radius 2 is 2.31 bits per heavy atom. The van der Waals surface area contributed by atoms with Crippen LogP contribution < -0.4 is 5.32 Å². The highest BCUT2D eigenvalue weighted by Crippen LogP contribution is 2.18. The Morgan fingerprint density at radius 1 is 1.44 bits per heavy atom. The minimum absolute atomic E-state index is 0.546. The second-order valence-electron chi connectivity index (χ2n) is 4.54. The Labute approximate surface area is 99.9 Å². The van der Waals surface area contributed by atoms with E-state index in [4.69, 9.17) is 9.47 Å². The zero-order valence-corrected chi connectivity index (χ0v) is 10.8. The molecule has 3 heteroatoms. The lowest BCUT2D eigenvalue weighted by Gasteiger charge is -2.17. The number of hydrogen-bond donors (Lipinski definition) is 1. The molecule has 1 saturated heterocycles. The van der Waals surface area contributed by atoms with E-state index in [-0.39, 0.29) is 0 Å². The summed E-state index contributed by atoms with van der Waals surface area (Å²) < 4.78 is 11.0. The SMILES string of the molecule is CCOCCC(CCCC1CCCO1)NC. The molecule has 2 unspecified atom stereocenters. The fourth-order valence-corrected chi connectivity index (χ4v) is 2.27. The quantitative estimate of drug-likeness (QED) is 0.616. The van der Waals surface area contributed by atoms with Gasteiger partial charge in [0.25, 0.3) is 0 Å². The lowest BCUT2D eigenvalue weighted by atomic mass is 10.0. The molecule has 1 aliphatic rings. The van der Waals surface area contributed by atoms with Gasteiger partial charge in [0.15, 0.2) is 0 Å². The first-order valence-electron chi connectivity index (χ1n) is 6.73. The van der Waals surface area contributed by atoms with Gasteiger partial charge >= 0.3 is 0 Å². The van der Waals surface area contributed by atoms with Crippen LogP contribution in [0.1, 0.15) is 45.4 Å². The molecule has 0 aromatic carbocycles. The van der Waals surface area contributed by atoms with Gasteiger partial charge in [0.05, 0.1) is 6.10 Å². The van der Waals surface area contributed by atoms with Crippen molar-refractivity contribution in [3.63, 3.8) is 0 Å². The van der Waals surface area contributed by atoms with Crippen molar-refractivity contribution in [2.45, 2.75) is 57.6 Å². The Kier molecular flexibility index (Phi) is 7.81. The molecule has 0 bridgehead atoms. The molecule has 1 N–H and O–H groups in total. The van der Waals surface area contributed by atoms with Crippen LogP contribution in [0.25, 0.3) is 0 Å². The number of rotatable bonds is 9. The molecule has 3 nitrogen and oxygen atoms in total. The summed E-state index contributed by atoms with van der Waals surface area (Å²) in [6.07, 6.45) is 7.92. The molecule has 96 valence electrons. The minimum Gasteiger partial charge on any atom is -0.382 e. The maximum absolute atomic E-state index is 5.62. The lowest BCUT2D eigenvalue weighted by Crippen LogP contribution is -2.27. The molecule has 0 aromatic heterocycles. The summed E-state index contributed by atoms with van der Waals surface area (Å²) in [5, 5.41) is 3.37. The van der Waals surface area contributed by atoms with Gasteiger partial charge in [-0.1, -0.05) is 0 Å².